The smallest absolute Gasteiger partial charge is 0.290 e. The van der Waals surface area contributed by atoms with Crippen molar-refractivity contribution in [2.24, 2.45) is 0 Å². The highest BCUT2D eigenvalue weighted by molar-refractivity contribution is 6.34. The van der Waals surface area contributed by atoms with E-state index in [1.165, 1.54) is 12.8 Å². The minimum atomic E-state index is -0.250. The summed E-state index contributed by atoms with van der Waals surface area (Å²) in [6, 6.07) is 0.463. The fourth-order valence-corrected chi connectivity index (χ4v) is 2.53. The summed E-state index contributed by atoms with van der Waals surface area (Å²) in [5, 5.41) is 16.8. The fourth-order valence-electron chi connectivity index (χ4n) is 2.40. The van der Waals surface area contributed by atoms with Gasteiger partial charge in [-0.3, -0.25) is 14.7 Å². The number of rotatable bonds is 5. The molecular formula is C14H23ClN4O3. The number of anilines is 1. The first-order valence-corrected chi connectivity index (χ1v) is 7.69. The highest BCUT2D eigenvalue weighted by Gasteiger charge is 2.19. The minimum absolute atomic E-state index is 0.0283. The molecule has 1 saturated heterocycles. The quantitative estimate of drug-likeness (QED) is 0.719. The molecule has 8 heteroatoms. The fraction of sp³-hybridized carbons (Fsp3) is 0.643. The second-order valence-electron chi connectivity index (χ2n) is 5.30. The number of likely N-dealkylation sites (tertiary alicyclic amines) is 1. The second kappa shape index (κ2) is 9.42. The predicted octanol–water partition coefficient (Wildman–Crippen LogP) is 2.28. The highest BCUT2D eigenvalue weighted by atomic mass is 35.5. The van der Waals surface area contributed by atoms with Crippen LogP contribution >= 0.6 is 11.6 Å². The summed E-state index contributed by atoms with van der Waals surface area (Å²) >= 11 is 6.00. The molecule has 1 aromatic rings. The number of nitrogens with one attached hydrogen (secondary N) is 2. The molecule has 7 nitrogen and oxygen atoms in total. The van der Waals surface area contributed by atoms with Gasteiger partial charge >= 0.3 is 0 Å². The lowest BCUT2D eigenvalue weighted by Crippen LogP contribution is -2.31. The van der Waals surface area contributed by atoms with Crippen LogP contribution in [0.25, 0.3) is 0 Å². The van der Waals surface area contributed by atoms with Crippen LogP contribution in [-0.4, -0.2) is 51.7 Å². The summed E-state index contributed by atoms with van der Waals surface area (Å²) in [7, 11) is 0. The zero-order valence-electron chi connectivity index (χ0n) is 12.9. The normalized spacial score (nSPS) is 15.8. The molecule has 1 aliphatic rings. The predicted molar refractivity (Wildman–Crippen MR) is 85.2 cm³/mol. The van der Waals surface area contributed by atoms with E-state index in [2.05, 4.69) is 27.3 Å². The molecule has 2 heterocycles. The molecule has 1 amide bonds. The summed E-state index contributed by atoms with van der Waals surface area (Å²) < 4.78 is 0. The molecule has 2 rings (SSSR count). The number of aromatic amines is 1. The van der Waals surface area contributed by atoms with Gasteiger partial charge < -0.3 is 15.3 Å². The van der Waals surface area contributed by atoms with E-state index in [9.17, 15) is 4.79 Å². The Morgan fingerprint density at radius 1 is 1.55 bits per heavy atom. The van der Waals surface area contributed by atoms with Crippen LogP contribution in [0.2, 0.25) is 5.02 Å². The maximum atomic E-state index is 11.9. The van der Waals surface area contributed by atoms with E-state index in [0.29, 0.717) is 23.3 Å². The van der Waals surface area contributed by atoms with Crippen molar-refractivity contribution >= 4 is 29.8 Å². The summed E-state index contributed by atoms with van der Waals surface area (Å²) in [5.74, 6) is 0.400. The largest absolute Gasteiger partial charge is 0.483 e. The van der Waals surface area contributed by atoms with Crippen LogP contribution in [0.15, 0.2) is 0 Å². The summed E-state index contributed by atoms with van der Waals surface area (Å²) in [6.07, 6.45) is 3.92. The van der Waals surface area contributed by atoms with Crippen LogP contribution in [0.5, 0.6) is 0 Å². The minimum Gasteiger partial charge on any atom is -0.483 e. The van der Waals surface area contributed by atoms with E-state index in [1.54, 1.807) is 0 Å². The van der Waals surface area contributed by atoms with Gasteiger partial charge in [-0.05, 0) is 46.2 Å². The van der Waals surface area contributed by atoms with Crippen molar-refractivity contribution in [2.75, 3.05) is 18.4 Å². The standard InChI is InChI=1S/C13H21ClN4O.CH2O2/c1-9(18-7-3-4-8-18)5-6-11(19)15-13-12(14)10(2)16-17-13;2-1-3/h9H,3-8H2,1-2H3,(H2,15,16,17,19);1H,(H,2,3). The van der Waals surface area contributed by atoms with Crippen LogP contribution in [0.3, 0.4) is 0 Å². The van der Waals surface area contributed by atoms with Crippen molar-refractivity contribution in [1.29, 1.82) is 0 Å². The van der Waals surface area contributed by atoms with E-state index in [0.717, 1.165) is 25.2 Å². The molecule has 0 bridgehead atoms. The number of carboxylic acid groups (broad SMARTS) is 1. The average Bonchev–Trinajstić information content (AvgIpc) is 3.12. The topological polar surface area (TPSA) is 98.3 Å². The first-order valence-electron chi connectivity index (χ1n) is 7.31. The molecule has 1 atom stereocenters. The Morgan fingerprint density at radius 2 is 2.14 bits per heavy atom. The van der Waals surface area contributed by atoms with Crippen LogP contribution < -0.4 is 5.32 Å². The van der Waals surface area contributed by atoms with Crippen molar-refractivity contribution in [3.63, 3.8) is 0 Å². The number of H-pyrrole nitrogens is 1. The van der Waals surface area contributed by atoms with Gasteiger partial charge in [0.2, 0.25) is 5.91 Å². The van der Waals surface area contributed by atoms with Gasteiger partial charge in [-0.1, -0.05) is 11.6 Å². The Balaban J connectivity index is 0.000000745. The Labute approximate surface area is 135 Å². The van der Waals surface area contributed by atoms with E-state index in [4.69, 9.17) is 21.5 Å². The van der Waals surface area contributed by atoms with Crippen molar-refractivity contribution in [2.45, 2.75) is 45.6 Å². The van der Waals surface area contributed by atoms with Crippen molar-refractivity contribution in [3.05, 3.63) is 10.7 Å². The van der Waals surface area contributed by atoms with Crippen molar-refractivity contribution in [3.8, 4) is 0 Å². The van der Waals surface area contributed by atoms with Crippen LogP contribution in [-0.2, 0) is 9.59 Å². The van der Waals surface area contributed by atoms with E-state index < -0.39 is 0 Å². The number of aryl methyl sites for hydroxylation is 1. The first kappa shape index (κ1) is 18.4. The molecule has 0 saturated carbocycles. The number of amides is 1. The molecule has 0 aromatic carbocycles. The number of carbonyl (C=O) groups excluding carboxylic acids is 1. The van der Waals surface area contributed by atoms with Gasteiger partial charge in [0.05, 0.1) is 5.69 Å². The van der Waals surface area contributed by atoms with Crippen LogP contribution in [0.4, 0.5) is 5.82 Å². The second-order valence-corrected chi connectivity index (χ2v) is 5.67. The van der Waals surface area contributed by atoms with E-state index in [-0.39, 0.29) is 12.4 Å². The molecule has 1 fully saturated rings. The molecule has 0 aliphatic carbocycles. The molecular weight excluding hydrogens is 308 g/mol. The third-order valence-electron chi connectivity index (χ3n) is 3.68. The van der Waals surface area contributed by atoms with Crippen molar-refractivity contribution < 1.29 is 14.7 Å². The summed E-state index contributed by atoms with van der Waals surface area (Å²) in [6.45, 7) is 6.07. The van der Waals surface area contributed by atoms with Crippen molar-refractivity contribution in [1.82, 2.24) is 15.1 Å². The summed E-state index contributed by atoms with van der Waals surface area (Å²) in [4.78, 5) is 22.7. The molecule has 22 heavy (non-hydrogen) atoms. The molecule has 1 aromatic heterocycles. The van der Waals surface area contributed by atoms with Gasteiger partial charge in [0.1, 0.15) is 5.02 Å². The van der Waals surface area contributed by atoms with Gasteiger partial charge in [-0.25, -0.2) is 0 Å². The number of carbonyl (C=O) groups is 2. The maximum absolute atomic E-state index is 11.9. The van der Waals surface area contributed by atoms with Crippen LogP contribution in [0, 0.1) is 6.92 Å². The SMILES string of the molecule is Cc1[nH]nc(NC(=O)CCC(C)N2CCCC2)c1Cl.O=CO. The zero-order chi connectivity index (χ0) is 16.5. The van der Waals surface area contributed by atoms with E-state index >= 15 is 0 Å². The van der Waals surface area contributed by atoms with Gasteiger partial charge in [0.15, 0.2) is 5.82 Å². The monoisotopic (exact) mass is 330 g/mol. The lowest BCUT2D eigenvalue weighted by atomic mass is 10.1. The van der Waals surface area contributed by atoms with E-state index in [1.807, 2.05) is 6.92 Å². The Morgan fingerprint density at radius 3 is 2.64 bits per heavy atom. The Bertz CT molecular complexity index is 486. The average molecular weight is 331 g/mol. The third-order valence-corrected chi connectivity index (χ3v) is 4.15. The van der Waals surface area contributed by atoms with Crippen LogP contribution in [0.1, 0.15) is 38.3 Å². The maximum Gasteiger partial charge on any atom is 0.290 e. The lowest BCUT2D eigenvalue weighted by Gasteiger charge is -2.23. The summed E-state index contributed by atoms with van der Waals surface area (Å²) in [5.41, 5.74) is 0.766. The van der Waals surface area contributed by atoms with Gasteiger partial charge in [-0.2, -0.15) is 5.10 Å². The lowest BCUT2D eigenvalue weighted by molar-refractivity contribution is -0.123. The molecule has 1 unspecified atom stereocenters. The molecule has 0 spiro atoms. The zero-order valence-corrected chi connectivity index (χ0v) is 13.7. The third kappa shape index (κ3) is 5.65. The number of aromatic nitrogens is 2. The Hall–Kier alpha value is -1.60. The number of halogens is 1. The molecule has 124 valence electrons. The highest BCUT2D eigenvalue weighted by Crippen LogP contribution is 2.22. The first-order chi connectivity index (χ1) is 10.5. The number of hydrogen-bond acceptors (Lipinski definition) is 4. The molecule has 3 N–H and O–H groups in total. The number of hydrogen-bond donors (Lipinski definition) is 3. The van der Waals surface area contributed by atoms with Gasteiger partial charge in [0.25, 0.3) is 6.47 Å². The number of nitrogens with zero attached hydrogens (tertiary/aromatic N) is 2. The van der Waals surface area contributed by atoms with Gasteiger partial charge in [0, 0.05) is 12.5 Å². The molecule has 1 aliphatic heterocycles. The Kier molecular flexibility index (Phi) is 7.90. The molecule has 0 radical (unpaired) electrons. The van der Waals surface area contributed by atoms with Gasteiger partial charge in [-0.15, -0.1) is 0 Å².